The van der Waals surface area contributed by atoms with E-state index in [1.54, 1.807) is 19.1 Å². The molecule has 0 atom stereocenters. The van der Waals surface area contributed by atoms with Crippen molar-refractivity contribution in [3.63, 3.8) is 0 Å². The van der Waals surface area contributed by atoms with Crippen molar-refractivity contribution in [1.82, 2.24) is 9.97 Å². The molecule has 1 aromatic heterocycles. The average molecular weight is 298 g/mol. The zero-order valence-electron chi connectivity index (χ0n) is 8.95. The first-order valence-corrected chi connectivity index (χ1v) is 5.58. The highest BCUT2D eigenvalue weighted by Crippen LogP contribution is 2.29. The maximum atomic E-state index is 13.7. The first-order chi connectivity index (χ1) is 8.08. The van der Waals surface area contributed by atoms with Crippen molar-refractivity contribution in [3.8, 4) is 11.6 Å². The number of aromatic nitrogens is 2. The number of ether oxygens (including phenoxy) is 1. The number of hydrogen-bond acceptors (Lipinski definition) is 4. The molecule has 2 aromatic rings. The predicted octanol–water partition coefficient (Wildman–Crippen LogP) is 3.06. The Labute approximate surface area is 106 Å². The topological polar surface area (TPSA) is 61.0 Å². The lowest BCUT2D eigenvalue weighted by atomic mass is 10.2. The van der Waals surface area contributed by atoms with E-state index in [4.69, 9.17) is 10.5 Å². The Hall–Kier alpha value is -1.69. The molecule has 0 saturated carbocycles. The van der Waals surface area contributed by atoms with Crippen molar-refractivity contribution >= 4 is 21.9 Å². The molecule has 0 fully saturated rings. The van der Waals surface area contributed by atoms with Gasteiger partial charge in [0.05, 0.1) is 10.7 Å². The third-order valence-corrected chi connectivity index (χ3v) is 2.64. The standard InChI is InChI=1S/C11H9BrFN3O/c1-6-3-2-4-8(9(6)13)17-10-7(12)5-15-11(14)16-10/h2-5H,1H3,(H2,14,15,16). The number of rotatable bonds is 2. The van der Waals surface area contributed by atoms with Crippen LogP contribution in [-0.4, -0.2) is 9.97 Å². The fourth-order valence-corrected chi connectivity index (χ4v) is 1.51. The van der Waals surface area contributed by atoms with Crippen LogP contribution >= 0.6 is 15.9 Å². The number of aryl methyl sites for hydroxylation is 1. The van der Waals surface area contributed by atoms with Gasteiger partial charge < -0.3 is 10.5 Å². The van der Waals surface area contributed by atoms with E-state index in [9.17, 15) is 4.39 Å². The summed E-state index contributed by atoms with van der Waals surface area (Å²) in [5.41, 5.74) is 5.93. The van der Waals surface area contributed by atoms with Crippen LogP contribution in [0, 0.1) is 12.7 Å². The molecule has 0 saturated heterocycles. The summed E-state index contributed by atoms with van der Waals surface area (Å²) in [5.74, 6) is -0.0707. The fourth-order valence-electron chi connectivity index (χ4n) is 1.24. The summed E-state index contributed by atoms with van der Waals surface area (Å²) in [5, 5.41) is 0. The van der Waals surface area contributed by atoms with Crippen molar-refractivity contribution in [2.24, 2.45) is 0 Å². The summed E-state index contributed by atoms with van der Waals surface area (Å²) in [6.07, 6.45) is 1.45. The zero-order chi connectivity index (χ0) is 12.4. The molecular formula is C11H9BrFN3O. The van der Waals surface area contributed by atoms with E-state index in [0.717, 1.165) is 0 Å². The highest BCUT2D eigenvalue weighted by Gasteiger charge is 2.11. The van der Waals surface area contributed by atoms with Crippen LogP contribution in [0.15, 0.2) is 28.9 Å². The average Bonchev–Trinajstić information content (AvgIpc) is 2.30. The van der Waals surface area contributed by atoms with Crippen LogP contribution in [0.1, 0.15) is 5.56 Å². The van der Waals surface area contributed by atoms with E-state index in [1.165, 1.54) is 12.3 Å². The van der Waals surface area contributed by atoms with Gasteiger partial charge in [0.15, 0.2) is 11.6 Å². The summed E-state index contributed by atoms with van der Waals surface area (Å²) in [6.45, 7) is 1.66. The van der Waals surface area contributed by atoms with E-state index in [-0.39, 0.29) is 17.6 Å². The minimum Gasteiger partial charge on any atom is -0.435 e. The molecule has 0 aliphatic rings. The Bertz CT molecular complexity index is 562. The van der Waals surface area contributed by atoms with Gasteiger partial charge in [-0.25, -0.2) is 9.37 Å². The van der Waals surface area contributed by atoms with Gasteiger partial charge in [0.25, 0.3) is 0 Å². The lowest BCUT2D eigenvalue weighted by Crippen LogP contribution is -1.98. The Balaban J connectivity index is 2.38. The molecule has 2 N–H and O–H groups in total. The molecule has 6 heteroatoms. The molecule has 0 radical (unpaired) electrons. The molecule has 0 bridgehead atoms. The molecule has 0 amide bonds. The lowest BCUT2D eigenvalue weighted by molar-refractivity contribution is 0.423. The van der Waals surface area contributed by atoms with Gasteiger partial charge in [0.2, 0.25) is 11.8 Å². The van der Waals surface area contributed by atoms with E-state index >= 15 is 0 Å². The summed E-state index contributed by atoms with van der Waals surface area (Å²) in [4.78, 5) is 7.64. The van der Waals surface area contributed by atoms with Crippen LogP contribution in [-0.2, 0) is 0 Å². The smallest absolute Gasteiger partial charge is 0.238 e. The molecule has 0 aliphatic carbocycles. The van der Waals surface area contributed by atoms with Crippen LogP contribution in [0.5, 0.6) is 11.6 Å². The molecule has 2 rings (SSSR count). The Kier molecular flexibility index (Phi) is 3.23. The summed E-state index contributed by atoms with van der Waals surface area (Å²) in [7, 11) is 0. The van der Waals surface area contributed by atoms with Gasteiger partial charge in [-0.1, -0.05) is 12.1 Å². The van der Waals surface area contributed by atoms with Crippen molar-refractivity contribution in [3.05, 3.63) is 40.2 Å². The van der Waals surface area contributed by atoms with Gasteiger partial charge >= 0.3 is 0 Å². The first-order valence-electron chi connectivity index (χ1n) is 4.79. The van der Waals surface area contributed by atoms with Gasteiger partial charge in [0.1, 0.15) is 0 Å². The van der Waals surface area contributed by atoms with Crippen LogP contribution in [0.2, 0.25) is 0 Å². The third-order valence-electron chi connectivity index (χ3n) is 2.09. The molecule has 0 unspecified atom stereocenters. The van der Waals surface area contributed by atoms with Gasteiger partial charge in [-0.05, 0) is 34.5 Å². The molecule has 88 valence electrons. The van der Waals surface area contributed by atoms with Crippen molar-refractivity contribution in [1.29, 1.82) is 0 Å². The third kappa shape index (κ3) is 2.52. The Morgan fingerprint density at radius 1 is 1.41 bits per heavy atom. The number of benzene rings is 1. The van der Waals surface area contributed by atoms with Crippen molar-refractivity contribution < 1.29 is 9.13 Å². The second-order valence-electron chi connectivity index (χ2n) is 3.37. The molecule has 0 spiro atoms. The van der Waals surface area contributed by atoms with E-state index in [2.05, 4.69) is 25.9 Å². The van der Waals surface area contributed by atoms with E-state index in [0.29, 0.717) is 10.0 Å². The second kappa shape index (κ2) is 4.67. The first kappa shape index (κ1) is 11.8. The molecule has 1 aromatic carbocycles. The number of nitrogen functional groups attached to an aromatic ring is 1. The quantitative estimate of drug-likeness (QED) is 0.925. The molecule has 1 heterocycles. The Morgan fingerprint density at radius 3 is 2.94 bits per heavy atom. The fraction of sp³-hybridized carbons (Fsp3) is 0.0909. The second-order valence-corrected chi connectivity index (χ2v) is 4.22. The highest BCUT2D eigenvalue weighted by atomic mass is 79.9. The van der Waals surface area contributed by atoms with Crippen LogP contribution in [0.3, 0.4) is 0 Å². The molecule has 17 heavy (non-hydrogen) atoms. The van der Waals surface area contributed by atoms with Gasteiger partial charge in [-0.3, -0.25) is 0 Å². The minimum absolute atomic E-state index is 0.0660. The summed E-state index contributed by atoms with van der Waals surface area (Å²) < 4.78 is 19.6. The predicted molar refractivity (Wildman–Crippen MR) is 65.4 cm³/mol. The number of nitrogens with two attached hydrogens (primary N) is 1. The lowest BCUT2D eigenvalue weighted by Gasteiger charge is -2.08. The molecule has 0 aliphatic heterocycles. The van der Waals surface area contributed by atoms with Gasteiger partial charge in [0, 0.05) is 0 Å². The zero-order valence-corrected chi connectivity index (χ0v) is 10.5. The van der Waals surface area contributed by atoms with Gasteiger partial charge in [-0.15, -0.1) is 0 Å². The van der Waals surface area contributed by atoms with Crippen LogP contribution < -0.4 is 10.5 Å². The van der Waals surface area contributed by atoms with Crippen molar-refractivity contribution in [2.45, 2.75) is 6.92 Å². The monoisotopic (exact) mass is 297 g/mol. The molecule has 4 nitrogen and oxygen atoms in total. The van der Waals surface area contributed by atoms with Crippen LogP contribution in [0.4, 0.5) is 10.3 Å². The number of halogens is 2. The summed E-state index contributed by atoms with van der Waals surface area (Å²) >= 11 is 3.20. The SMILES string of the molecule is Cc1cccc(Oc2nc(N)ncc2Br)c1F. The van der Waals surface area contributed by atoms with Crippen LogP contribution in [0.25, 0.3) is 0 Å². The number of anilines is 1. The van der Waals surface area contributed by atoms with Gasteiger partial charge in [-0.2, -0.15) is 4.98 Å². The largest absolute Gasteiger partial charge is 0.435 e. The van der Waals surface area contributed by atoms with Crippen molar-refractivity contribution in [2.75, 3.05) is 5.73 Å². The highest BCUT2D eigenvalue weighted by molar-refractivity contribution is 9.10. The summed E-state index contributed by atoms with van der Waals surface area (Å²) in [6, 6.07) is 4.88. The van der Waals surface area contributed by atoms with E-state index < -0.39 is 5.82 Å². The molecular weight excluding hydrogens is 289 g/mol. The maximum absolute atomic E-state index is 13.7. The minimum atomic E-state index is -0.420. The normalized spacial score (nSPS) is 10.3. The number of hydrogen-bond donors (Lipinski definition) is 1. The maximum Gasteiger partial charge on any atom is 0.238 e. The van der Waals surface area contributed by atoms with E-state index in [1.807, 2.05) is 0 Å². The Morgan fingerprint density at radius 2 is 2.18 bits per heavy atom. The number of nitrogens with zero attached hydrogens (tertiary/aromatic N) is 2.